The molecule has 0 bridgehead atoms. The largest absolute Gasteiger partial charge is 0.356 e. The molecule has 2 aliphatic rings. The second-order valence-corrected chi connectivity index (χ2v) is 7.56. The lowest BCUT2D eigenvalue weighted by Gasteiger charge is -2.52. The van der Waals surface area contributed by atoms with Crippen LogP contribution in [0.3, 0.4) is 0 Å². The van der Waals surface area contributed by atoms with Crippen molar-refractivity contribution in [1.29, 1.82) is 0 Å². The first-order valence-corrected chi connectivity index (χ1v) is 8.45. The summed E-state index contributed by atoms with van der Waals surface area (Å²) in [7, 11) is 0. The second-order valence-electron chi connectivity index (χ2n) is 7.56. The maximum absolute atomic E-state index is 6.12. The van der Waals surface area contributed by atoms with Crippen molar-refractivity contribution in [1.82, 2.24) is 15.3 Å². The van der Waals surface area contributed by atoms with Crippen LogP contribution in [0.2, 0.25) is 0 Å². The fraction of sp³-hybridized carbons (Fsp3) is 0.765. The highest BCUT2D eigenvalue weighted by Crippen LogP contribution is 2.39. The first kappa shape index (κ1) is 15.7. The van der Waals surface area contributed by atoms with Crippen LogP contribution in [0, 0.1) is 19.3 Å². The number of hydrogen-bond donors (Lipinski definition) is 2. The van der Waals surface area contributed by atoms with E-state index in [1.165, 1.54) is 12.8 Å². The van der Waals surface area contributed by atoms with Gasteiger partial charge in [0.15, 0.2) is 0 Å². The molecule has 1 aliphatic heterocycles. The van der Waals surface area contributed by atoms with E-state index in [4.69, 9.17) is 5.73 Å². The van der Waals surface area contributed by atoms with Crippen molar-refractivity contribution in [2.45, 2.75) is 65.1 Å². The molecule has 0 aromatic carbocycles. The van der Waals surface area contributed by atoms with Crippen molar-refractivity contribution in [2.75, 3.05) is 18.0 Å². The Morgan fingerprint density at radius 2 is 1.91 bits per heavy atom. The highest BCUT2D eigenvalue weighted by molar-refractivity contribution is 5.40. The molecule has 2 heterocycles. The predicted octanol–water partition coefficient (Wildman–Crippen LogP) is 1.78. The fourth-order valence-corrected chi connectivity index (χ4v) is 3.66. The highest BCUT2D eigenvalue weighted by Gasteiger charge is 2.46. The molecular formula is C17H29N5. The van der Waals surface area contributed by atoms with Crippen molar-refractivity contribution in [2.24, 2.45) is 11.1 Å². The summed E-state index contributed by atoms with van der Waals surface area (Å²) in [5, 5.41) is 3.83. The third kappa shape index (κ3) is 2.97. The summed E-state index contributed by atoms with van der Waals surface area (Å²) in [5.74, 6) is 1.94. The summed E-state index contributed by atoms with van der Waals surface area (Å²) in [6, 6.07) is 3.62. The third-order valence-corrected chi connectivity index (χ3v) is 5.55. The van der Waals surface area contributed by atoms with Gasteiger partial charge >= 0.3 is 0 Å². The molecule has 0 amide bonds. The van der Waals surface area contributed by atoms with Crippen LogP contribution in [-0.2, 0) is 0 Å². The van der Waals surface area contributed by atoms with Crippen molar-refractivity contribution in [3.63, 3.8) is 0 Å². The number of hydrogen-bond acceptors (Lipinski definition) is 5. The molecule has 22 heavy (non-hydrogen) atoms. The van der Waals surface area contributed by atoms with Gasteiger partial charge in [-0.1, -0.05) is 13.8 Å². The molecule has 2 atom stereocenters. The number of aryl methyl sites for hydroxylation is 2. The Bertz CT molecular complexity index is 514. The summed E-state index contributed by atoms with van der Waals surface area (Å²) < 4.78 is 0. The van der Waals surface area contributed by atoms with Crippen LogP contribution in [0.15, 0.2) is 6.07 Å². The van der Waals surface area contributed by atoms with Gasteiger partial charge in [-0.25, -0.2) is 9.97 Å². The quantitative estimate of drug-likeness (QED) is 0.891. The zero-order valence-electron chi connectivity index (χ0n) is 14.3. The average Bonchev–Trinajstić information content (AvgIpc) is 2.46. The lowest BCUT2D eigenvalue weighted by Crippen LogP contribution is -2.65. The van der Waals surface area contributed by atoms with E-state index in [0.717, 1.165) is 36.8 Å². The number of nitrogens with two attached hydrogens (primary N) is 1. The number of piperidine rings is 1. The first-order chi connectivity index (χ1) is 10.4. The van der Waals surface area contributed by atoms with E-state index < -0.39 is 0 Å². The van der Waals surface area contributed by atoms with E-state index >= 15 is 0 Å². The maximum Gasteiger partial charge on any atom is 0.132 e. The number of nitrogens with zero attached hydrogens (tertiary/aromatic N) is 3. The van der Waals surface area contributed by atoms with Crippen LogP contribution in [-0.4, -0.2) is 41.2 Å². The number of nitrogens with one attached hydrogen (secondary N) is 1. The van der Waals surface area contributed by atoms with E-state index in [-0.39, 0.29) is 5.41 Å². The van der Waals surface area contributed by atoms with Crippen molar-refractivity contribution < 1.29 is 0 Å². The standard InChI is InChI=1S/C17H29N5/c1-11-9-16(20-12(2)19-11)22-7-5-13(6-8-22)21-15-10-14(18)17(15,3)4/h9,13-15,21H,5-8,10,18H2,1-4H3. The van der Waals surface area contributed by atoms with E-state index in [1.807, 2.05) is 13.8 Å². The summed E-state index contributed by atoms with van der Waals surface area (Å²) in [6.07, 6.45) is 3.45. The van der Waals surface area contributed by atoms with E-state index in [0.29, 0.717) is 18.1 Å². The molecular weight excluding hydrogens is 274 g/mol. The molecule has 1 aliphatic carbocycles. The highest BCUT2D eigenvalue weighted by atomic mass is 15.2. The van der Waals surface area contributed by atoms with Crippen molar-refractivity contribution in [3.05, 3.63) is 17.6 Å². The van der Waals surface area contributed by atoms with Gasteiger partial charge in [-0.05, 0) is 38.5 Å². The minimum Gasteiger partial charge on any atom is -0.356 e. The van der Waals surface area contributed by atoms with Crippen molar-refractivity contribution in [3.8, 4) is 0 Å². The Morgan fingerprint density at radius 1 is 1.23 bits per heavy atom. The third-order valence-electron chi connectivity index (χ3n) is 5.55. The molecule has 2 fully saturated rings. The van der Waals surface area contributed by atoms with Gasteiger partial charge < -0.3 is 16.0 Å². The van der Waals surface area contributed by atoms with Gasteiger partial charge in [0.1, 0.15) is 11.6 Å². The molecule has 5 heteroatoms. The van der Waals surface area contributed by atoms with Crippen LogP contribution < -0.4 is 16.0 Å². The number of anilines is 1. The van der Waals surface area contributed by atoms with Gasteiger partial charge in [-0.2, -0.15) is 0 Å². The van der Waals surface area contributed by atoms with Crippen LogP contribution in [0.4, 0.5) is 5.82 Å². The smallest absolute Gasteiger partial charge is 0.132 e. The fourth-order valence-electron chi connectivity index (χ4n) is 3.66. The van der Waals surface area contributed by atoms with Gasteiger partial charge in [0, 0.05) is 43.0 Å². The van der Waals surface area contributed by atoms with Gasteiger partial charge in [0.05, 0.1) is 0 Å². The average molecular weight is 303 g/mol. The van der Waals surface area contributed by atoms with Crippen LogP contribution in [0.25, 0.3) is 0 Å². The molecule has 3 rings (SSSR count). The number of rotatable bonds is 3. The monoisotopic (exact) mass is 303 g/mol. The molecule has 1 saturated heterocycles. The summed E-state index contributed by atoms with van der Waals surface area (Å²) in [5.41, 5.74) is 7.40. The zero-order valence-corrected chi connectivity index (χ0v) is 14.3. The van der Waals surface area contributed by atoms with E-state index in [1.54, 1.807) is 0 Å². The molecule has 0 spiro atoms. The lowest BCUT2D eigenvalue weighted by atomic mass is 9.63. The molecule has 122 valence electrons. The Kier molecular flexibility index (Phi) is 4.12. The molecule has 2 unspecified atom stereocenters. The summed E-state index contributed by atoms with van der Waals surface area (Å²) in [6.45, 7) is 10.7. The van der Waals surface area contributed by atoms with Gasteiger partial charge in [-0.3, -0.25) is 0 Å². The van der Waals surface area contributed by atoms with Gasteiger partial charge in [0.2, 0.25) is 0 Å². The Hall–Kier alpha value is -1.20. The second kappa shape index (κ2) is 5.78. The van der Waals surface area contributed by atoms with Crippen LogP contribution in [0.5, 0.6) is 0 Å². The molecule has 5 nitrogen and oxygen atoms in total. The van der Waals surface area contributed by atoms with E-state index in [9.17, 15) is 0 Å². The first-order valence-electron chi connectivity index (χ1n) is 8.45. The Morgan fingerprint density at radius 3 is 2.45 bits per heavy atom. The predicted molar refractivity (Wildman–Crippen MR) is 90.0 cm³/mol. The molecule has 1 aromatic rings. The lowest BCUT2D eigenvalue weighted by molar-refractivity contribution is 0.0612. The minimum absolute atomic E-state index is 0.234. The topological polar surface area (TPSA) is 67.1 Å². The Labute approximate surface area is 133 Å². The normalized spacial score (nSPS) is 28.5. The van der Waals surface area contributed by atoms with Crippen molar-refractivity contribution >= 4 is 5.82 Å². The van der Waals surface area contributed by atoms with Crippen LogP contribution in [0.1, 0.15) is 44.6 Å². The maximum atomic E-state index is 6.12. The Balaban J connectivity index is 1.54. The summed E-state index contributed by atoms with van der Waals surface area (Å²) in [4.78, 5) is 11.3. The zero-order chi connectivity index (χ0) is 15.9. The van der Waals surface area contributed by atoms with Gasteiger partial charge in [0.25, 0.3) is 0 Å². The molecule has 3 N–H and O–H groups in total. The SMILES string of the molecule is Cc1cc(N2CCC(NC3CC(N)C3(C)C)CC2)nc(C)n1. The van der Waals surface area contributed by atoms with E-state index in [2.05, 4.69) is 40.1 Å². The van der Waals surface area contributed by atoms with Gasteiger partial charge in [-0.15, -0.1) is 0 Å². The molecule has 0 radical (unpaired) electrons. The molecule has 1 saturated carbocycles. The molecule has 1 aromatic heterocycles. The summed E-state index contributed by atoms with van der Waals surface area (Å²) >= 11 is 0. The van der Waals surface area contributed by atoms with Crippen LogP contribution >= 0.6 is 0 Å². The minimum atomic E-state index is 0.234. The number of aromatic nitrogens is 2.